The third-order valence-corrected chi connectivity index (χ3v) is 5.34. The third kappa shape index (κ3) is 5.60. The van der Waals surface area contributed by atoms with Crippen LogP contribution in [0.15, 0.2) is 23.3 Å². The van der Waals surface area contributed by atoms with E-state index in [4.69, 9.17) is 16.6 Å². The molecule has 0 bridgehead atoms. The van der Waals surface area contributed by atoms with Crippen molar-refractivity contribution < 1.29 is 0 Å². The van der Waals surface area contributed by atoms with E-state index < -0.39 is 0 Å². The largest absolute Gasteiger partial charge is 0.357 e. The summed E-state index contributed by atoms with van der Waals surface area (Å²) < 4.78 is 0. The minimum Gasteiger partial charge on any atom is -0.357 e. The fraction of sp³-hybridized carbons (Fsp3) is 0.667. The molecule has 0 aromatic carbocycles. The quantitative estimate of drug-likeness (QED) is 0.376. The number of aliphatic imine (C=N–C) groups is 1. The van der Waals surface area contributed by atoms with Crippen LogP contribution >= 0.6 is 35.6 Å². The average molecular weight is 493 g/mol. The van der Waals surface area contributed by atoms with Crippen molar-refractivity contribution in [3.8, 4) is 0 Å². The minimum absolute atomic E-state index is 0. The van der Waals surface area contributed by atoms with Gasteiger partial charge >= 0.3 is 0 Å². The molecule has 2 aliphatic rings. The van der Waals surface area contributed by atoms with E-state index in [2.05, 4.69) is 39.4 Å². The second-order valence-corrected chi connectivity index (χ2v) is 7.29. The van der Waals surface area contributed by atoms with E-state index in [9.17, 15) is 0 Å². The number of nitrogens with one attached hydrogen (secondary N) is 2. The Morgan fingerprint density at radius 3 is 2.92 bits per heavy atom. The molecule has 8 heteroatoms. The van der Waals surface area contributed by atoms with E-state index in [1.165, 1.54) is 19.4 Å². The first-order valence-electron chi connectivity index (χ1n) is 9.28. The van der Waals surface area contributed by atoms with Crippen LogP contribution in [-0.2, 0) is 0 Å². The van der Waals surface area contributed by atoms with Crippen LogP contribution in [-0.4, -0.2) is 67.7 Å². The van der Waals surface area contributed by atoms with Crippen LogP contribution in [0.2, 0.25) is 5.02 Å². The van der Waals surface area contributed by atoms with Crippen molar-refractivity contribution in [2.24, 2.45) is 4.99 Å². The molecule has 2 aliphatic heterocycles. The van der Waals surface area contributed by atoms with Gasteiger partial charge in [0.05, 0.1) is 11.6 Å². The predicted molar refractivity (Wildman–Crippen MR) is 120 cm³/mol. The third-order valence-electron chi connectivity index (χ3n) is 5.04. The van der Waals surface area contributed by atoms with Crippen molar-refractivity contribution in [1.82, 2.24) is 20.5 Å². The summed E-state index contributed by atoms with van der Waals surface area (Å²) >= 11 is 6.28. The van der Waals surface area contributed by atoms with Crippen LogP contribution in [0.5, 0.6) is 0 Å². The number of guanidine groups is 1. The van der Waals surface area contributed by atoms with Crippen LogP contribution in [0, 0.1) is 0 Å². The number of likely N-dealkylation sites (N-methyl/N-ethyl adjacent to an activating group) is 1. The smallest absolute Gasteiger partial charge is 0.191 e. The Bertz CT molecular complexity index is 599. The number of hydrogen-bond acceptors (Lipinski definition) is 4. The molecular formula is C18H30ClIN6. The van der Waals surface area contributed by atoms with E-state index in [1.807, 2.05) is 12.1 Å². The van der Waals surface area contributed by atoms with Crippen LogP contribution < -0.4 is 15.5 Å². The number of aromatic nitrogens is 1. The first kappa shape index (κ1) is 21.5. The molecule has 0 spiro atoms. The Balaban J connectivity index is 0.00000243. The first-order chi connectivity index (χ1) is 12.2. The lowest BCUT2D eigenvalue weighted by Crippen LogP contribution is -2.45. The second-order valence-electron chi connectivity index (χ2n) is 6.88. The monoisotopic (exact) mass is 492 g/mol. The van der Waals surface area contributed by atoms with E-state index in [-0.39, 0.29) is 24.0 Å². The zero-order chi connectivity index (χ0) is 17.6. The van der Waals surface area contributed by atoms with Gasteiger partial charge in [-0.2, -0.15) is 0 Å². The molecule has 2 atom stereocenters. The number of hydrogen-bond donors (Lipinski definition) is 2. The highest BCUT2D eigenvalue weighted by Crippen LogP contribution is 2.25. The molecule has 0 saturated carbocycles. The number of pyridine rings is 1. The lowest BCUT2D eigenvalue weighted by Gasteiger charge is -2.21. The molecule has 6 nitrogen and oxygen atoms in total. The highest BCUT2D eigenvalue weighted by atomic mass is 127. The summed E-state index contributed by atoms with van der Waals surface area (Å²) in [6.45, 7) is 6.87. The molecule has 1 aromatic rings. The summed E-state index contributed by atoms with van der Waals surface area (Å²) in [7, 11) is 2.19. The normalized spacial score (nSPS) is 23.8. The minimum atomic E-state index is 0. The van der Waals surface area contributed by atoms with Crippen molar-refractivity contribution in [3.63, 3.8) is 0 Å². The number of nitrogens with zero attached hydrogens (tertiary/aromatic N) is 4. The Labute approximate surface area is 178 Å². The fourth-order valence-electron chi connectivity index (χ4n) is 3.60. The number of rotatable bonds is 5. The van der Waals surface area contributed by atoms with E-state index in [0.29, 0.717) is 17.1 Å². The molecule has 3 rings (SSSR count). The number of halogens is 2. The molecule has 26 heavy (non-hydrogen) atoms. The lowest BCUT2D eigenvalue weighted by molar-refractivity contribution is 0.317. The van der Waals surface area contributed by atoms with E-state index >= 15 is 0 Å². The highest BCUT2D eigenvalue weighted by molar-refractivity contribution is 14.0. The summed E-state index contributed by atoms with van der Waals surface area (Å²) in [4.78, 5) is 13.9. The van der Waals surface area contributed by atoms with Crippen LogP contribution in [0.25, 0.3) is 0 Å². The maximum absolute atomic E-state index is 6.28. The van der Waals surface area contributed by atoms with E-state index in [1.54, 1.807) is 6.20 Å². The molecule has 1 aromatic heterocycles. The van der Waals surface area contributed by atoms with Gasteiger partial charge in [0.2, 0.25) is 0 Å². The standard InChI is InChI=1S/C18H29ClN6.HI/c1-3-20-18(22-12-15-6-5-10-24(15)2)23-14-8-11-25(13-14)17-16(19)7-4-9-21-17;/h4,7,9,14-15H,3,5-6,8,10-13H2,1-2H3,(H2,20,22,23);1H. The van der Waals surface area contributed by atoms with Gasteiger partial charge in [0.1, 0.15) is 5.82 Å². The highest BCUT2D eigenvalue weighted by Gasteiger charge is 2.26. The molecule has 2 saturated heterocycles. The Kier molecular flexibility index (Phi) is 8.69. The maximum atomic E-state index is 6.28. The zero-order valence-corrected chi connectivity index (χ0v) is 18.7. The van der Waals surface area contributed by atoms with Crippen LogP contribution in [0.4, 0.5) is 5.82 Å². The molecule has 2 unspecified atom stereocenters. The van der Waals surface area contributed by atoms with Gasteiger partial charge in [0.25, 0.3) is 0 Å². The van der Waals surface area contributed by atoms with Gasteiger partial charge in [-0.25, -0.2) is 4.98 Å². The molecule has 0 aliphatic carbocycles. The van der Waals surface area contributed by atoms with Gasteiger partial charge in [-0.1, -0.05) is 11.6 Å². The van der Waals surface area contributed by atoms with Crippen molar-refractivity contribution in [2.45, 2.75) is 38.3 Å². The summed E-state index contributed by atoms with van der Waals surface area (Å²) in [5, 5.41) is 7.67. The lowest BCUT2D eigenvalue weighted by atomic mass is 10.2. The van der Waals surface area contributed by atoms with Crippen molar-refractivity contribution in [2.75, 3.05) is 44.7 Å². The van der Waals surface area contributed by atoms with E-state index in [0.717, 1.165) is 44.4 Å². The number of anilines is 1. The van der Waals surface area contributed by atoms with Crippen molar-refractivity contribution >= 4 is 47.4 Å². The zero-order valence-electron chi connectivity index (χ0n) is 15.6. The van der Waals surface area contributed by atoms with Crippen molar-refractivity contribution in [1.29, 1.82) is 0 Å². The molecule has 3 heterocycles. The summed E-state index contributed by atoms with van der Waals surface area (Å²) in [5.74, 6) is 1.80. The van der Waals surface area contributed by atoms with Crippen LogP contribution in [0.1, 0.15) is 26.2 Å². The van der Waals surface area contributed by atoms with Gasteiger partial charge in [0, 0.05) is 37.9 Å². The summed E-state index contributed by atoms with van der Waals surface area (Å²) in [6, 6.07) is 4.70. The SMILES string of the molecule is CCNC(=NCC1CCCN1C)NC1CCN(c2ncccc2Cl)C1.I. The van der Waals surface area contributed by atoms with Gasteiger partial charge < -0.3 is 20.4 Å². The molecule has 2 fully saturated rings. The second kappa shape index (κ2) is 10.5. The molecule has 2 N–H and O–H groups in total. The topological polar surface area (TPSA) is 55.8 Å². The molecule has 0 amide bonds. The average Bonchev–Trinajstić information content (AvgIpc) is 3.22. The maximum Gasteiger partial charge on any atom is 0.191 e. The molecular weight excluding hydrogens is 463 g/mol. The summed E-state index contributed by atoms with van der Waals surface area (Å²) in [6.07, 6.45) is 5.38. The molecule has 146 valence electrons. The summed E-state index contributed by atoms with van der Waals surface area (Å²) in [5.41, 5.74) is 0. The Morgan fingerprint density at radius 1 is 1.38 bits per heavy atom. The predicted octanol–water partition coefficient (Wildman–Crippen LogP) is 2.58. The Morgan fingerprint density at radius 2 is 2.23 bits per heavy atom. The van der Waals surface area contributed by atoms with Gasteiger partial charge in [0.15, 0.2) is 5.96 Å². The first-order valence-corrected chi connectivity index (χ1v) is 9.65. The van der Waals surface area contributed by atoms with Gasteiger partial charge in [-0.3, -0.25) is 4.99 Å². The number of likely N-dealkylation sites (tertiary alicyclic amines) is 1. The Hall–Kier alpha value is -0.800. The van der Waals surface area contributed by atoms with Crippen molar-refractivity contribution in [3.05, 3.63) is 23.4 Å². The van der Waals surface area contributed by atoms with Gasteiger partial charge in [-0.05, 0) is 51.9 Å². The molecule has 0 radical (unpaired) electrons. The van der Waals surface area contributed by atoms with Gasteiger partial charge in [-0.15, -0.1) is 24.0 Å². The fourth-order valence-corrected chi connectivity index (χ4v) is 3.84. The van der Waals surface area contributed by atoms with Crippen LogP contribution in [0.3, 0.4) is 0 Å².